The summed E-state index contributed by atoms with van der Waals surface area (Å²) in [5.41, 5.74) is 5.38. The van der Waals surface area contributed by atoms with Gasteiger partial charge in [-0.25, -0.2) is 0 Å². The Bertz CT molecular complexity index is 461. The largest absolute Gasteiger partial charge is 0.373 e. The predicted molar refractivity (Wildman–Crippen MR) is 105 cm³/mol. The van der Waals surface area contributed by atoms with Crippen molar-refractivity contribution >= 4 is 11.9 Å². The highest BCUT2D eigenvalue weighted by Gasteiger charge is 2.24. The van der Waals surface area contributed by atoms with E-state index in [1.807, 2.05) is 0 Å². The molecule has 0 aliphatic carbocycles. The Morgan fingerprint density at radius 1 is 1.27 bits per heavy atom. The first-order valence-corrected chi connectivity index (χ1v) is 10.2. The number of carbonyl (C=O) groups is 1. The Balaban J connectivity index is 1.81. The van der Waals surface area contributed by atoms with Crippen LogP contribution in [0.2, 0.25) is 0 Å². The Kier molecular flexibility index (Phi) is 8.65. The normalized spacial score (nSPS) is 28.2. The van der Waals surface area contributed by atoms with Gasteiger partial charge in [-0.15, -0.1) is 0 Å². The van der Waals surface area contributed by atoms with Gasteiger partial charge in [0.05, 0.1) is 12.2 Å². The van der Waals surface area contributed by atoms with Gasteiger partial charge in [-0.3, -0.25) is 14.7 Å². The first-order valence-electron chi connectivity index (χ1n) is 10.2. The van der Waals surface area contributed by atoms with Crippen LogP contribution >= 0.6 is 0 Å². The van der Waals surface area contributed by atoms with E-state index in [1.54, 1.807) is 0 Å². The summed E-state index contributed by atoms with van der Waals surface area (Å²) in [6.07, 6.45) is 4.32. The second-order valence-corrected chi connectivity index (χ2v) is 7.73. The molecular formula is C19H37N5O2. The van der Waals surface area contributed by atoms with E-state index in [0.29, 0.717) is 24.5 Å². The summed E-state index contributed by atoms with van der Waals surface area (Å²) >= 11 is 0. The van der Waals surface area contributed by atoms with Crippen LogP contribution < -0.4 is 11.1 Å². The van der Waals surface area contributed by atoms with Gasteiger partial charge in [0.2, 0.25) is 5.91 Å². The number of hydrogen-bond acceptors (Lipinski definition) is 4. The van der Waals surface area contributed by atoms with Crippen LogP contribution in [0, 0.1) is 5.92 Å². The van der Waals surface area contributed by atoms with E-state index >= 15 is 0 Å². The second kappa shape index (κ2) is 10.7. The molecule has 26 heavy (non-hydrogen) atoms. The number of piperidine rings is 1. The zero-order chi connectivity index (χ0) is 18.9. The number of nitrogens with two attached hydrogens (primary N) is 1. The average molecular weight is 368 g/mol. The van der Waals surface area contributed by atoms with Crippen LogP contribution in [0.5, 0.6) is 0 Å². The summed E-state index contributed by atoms with van der Waals surface area (Å²) in [7, 11) is 0. The Morgan fingerprint density at radius 3 is 2.65 bits per heavy atom. The number of carbonyl (C=O) groups excluding carboxylic acids is 1. The third kappa shape index (κ3) is 7.11. The smallest absolute Gasteiger partial charge is 0.217 e. The highest BCUT2D eigenvalue weighted by molar-refractivity contribution is 5.80. The summed E-state index contributed by atoms with van der Waals surface area (Å²) in [6.45, 7) is 13.0. The van der Waals surface area contributed by atoms with Gasteiger partial charge in [0.25, 0.3) is 0 Å². The van der Waals surface area contributed by atoms with E-state index < -0.39 is 0 Å². The summed E-state index contributed by atoms with van der Waals surface area (Å²) < 4.78 is 5.79. The molecule has 3 unspecified atom stereocenters. The molecule has 150 valence electrons. The molecule has 0 saturated carbocycles. The van der Waals surface area contributed by atoms with E-state index in [9.17, 15) is 4.79 Å². The SMILES string of the molecule is CCNC(=NCCCN1CC(C)OC(C)C1)N1CCCC(CC(N)=O)C1. The molecule has 2 fully saturated rings. The molecule has 0 aromatic heterocycles. The highest BCUT2D eigenvalue weighted by atomic mass is 16.5. The first kappa shape index (κ1) is 21.0. The minimum Gasteiger partial charge on any atom is -0.373 e. The second-order valence-electron chi connectivity index (χ2n) is 7.73. The van der Waals surface area contributed by atoms with Crippen LogP contribution in [0.15, 0.2) is 4.99 Å². The lowest BCUT2D eigenvalue weighted by Crippen LogP contribution is -2.47. The lowest BCUT2D eigenvalue weighted by molar-refractivity contribution is -0.119. The number of morpholine rings is 1. The number of primary amides is 1. The summed E-state index contributed by atoms with van der Waals surface area (Å²) in [6, 6.07) is 0. The van der Waals surface area contributed by atoms with Gasteiger partial charge in [0.15, 0.2) is 5.96 Å². The van der Waals surface area contributed by atoms with Gasteiger partial charge < -0.3 is 20.7 Å². The third-order valence-corrected chi connectivity index (χ3v) is 5.03. The zero-order valence-electron chi connectivity index (χ0n) is 16.7. The minimum atomic E-state index is -0.201. The maximum atomic E-state index is 11.2. The molecule has 0 aromatic rings. The molecule has 1 amide bonds. The maximum absolute atomic E-state index is 11.2. The number of aliphatic imine (C=N–C) groups is 1. The van der Waals surface area contributed by atoms with Crippen molar-refractivity contribution in [2.75, 3.05) is 45.8 Å². The van der Waals surface area contributed by atoms with Gasteiger partial charge in [0.1, 0.15) is 0 Å². The molecule has 3 atom stereocenters. The van der Waals surface area contributed by atoms with Crippen molar-refractivity contribution in [3.05, 3.63) is 0 Å². The van der Waals surface area contributed by atoms with E-state index in [1.165, 1.54) is 0 Å². The Hall–Kier alpha value is -1.34. The summed E-state index contributed by atoms with van der Waals surface area (Å²) in [5, 5.41) is 3.40. The summed E-state index contributed by atoms with van der Waals surface area (Å²) in [5.74, 6) is 1.12. The van der Waals surface area contributed by atoms with Crippen LogP contribution in [-0.2, 0) is 9.53 Å². The number of hydrogen-bond donors (Lipinski definition) is 2. The highest BCUT2D eigenvalue weighted by Crippen LogP contribution is 2.19. The maximum Gasteiger partial charge on any atom is 0.217 e. The predicted octanol–water partition coefficient (Wildman–Crippen LogP) is 1.04. The minimum absolute atomic E-state index is 0.201. The third-order valence-electron chi connectivity index (χ3n) is 5.03. The number of ether oxygens (including phenoxy) is 1. The van der Waals surface area contributed by atoms with E-state index in [-0.39, 0.29) is 5.91 Å². The quantitative estimate of drug-likeness (QED) is 0.399. The van der Waals surface area contributed by atoms with Crippen LogP contribution in [0.4, 0.5) is 0 Å². The van der Waals surface area contributed by atoms with Crippen molar-refractivity contribution in [2.45, 2.75) is 58.7 Å². The topological polar surface area (TPSA) is 83.2 Å². The molecular weight excluding hydrogens is 330 g/mol. The van der Waals surface area contributed by atoms with Gasteiger partial charge in [-0.05, 0) is 46.0 Å². The summed E-state index contributed by atoms with van der Waals surface area (Å²) in [4.78, 5) is 20.8. The van der Waals surface area contributed by atoms with Gasteiger partial charge in [-0.1, -0.05) is 0 Å². The van der Waals surface area contributed by atoms with Crippen molar-refractivity contribution < 1.29 is 9.53 Å². The molecule has 2 heterocycles. The number of nitrogens with one attached hydrogen (secondary N) is 1. The fourth-order valence-corrected chi connectivity index (χ4v) is 4.08. The molecule has 2 aliphatic heterocycles. The van der Waals surface area contributed by atoms with Gasteiger partial charge >= 0.3 is 0 Å². The molecule has 7 nitrogen and oxygen atoms in total. The van der Waals surface area contributed by atoms with Crippen molar-refractivity contribution in [3.63, 3.8) is 0 Å². The zero-order valence-corrected chi connectivity index (χ0v) is 16.7. The molecule has 2 saturated heterocycles. The monoisotopic (exact) mass is 367 g/mol. The lowest BCUT2D eigenvalue weighted by Gasteiger charge is -2.35. The molecule has 2 rings (SSSR count). The number of amides is 1. The number of likely N-dealkylation sites (tertiary alicyclic amines) is 1. The molecule has 0 aromatic carbocycles. The first-order chi connectivity index (χ1) is 12.5. The standard InChI is InChI=1S/C19H37N5O2/c1-4-21-19(24-10-5-7-17(14-24)11-18(20)25)22-8-6-9-23-12-15(2)26-16(3)13-23/h15-17H,4-14H2,1-3H3,(H2,20,25)(H,21,22). The average Bonchev–Trinajstić information content (AvgIpc) is 2.56. The molecule has 7 heteroatoms. The van der Waals surface area contributed by atoms with Gasteiger partial charge in [-0.2, -0.15) is 0 Å². The molecule has 0 radical (unpaired) electrons. The van der Waals surface area contributed by atoms with Crippen LogP contribution in [0.1, 0.15) is 46.5 Å². The van der Waals surface area contributed by atoms with E-state index in [2.05, 4.69) is 35.9 Å². The molecule has 3 N–H and O–H groups in total. The van der Waals surface area contributed by atoms with Crippen LogP contribution in [-0.4, -0.2) is 79.7 Å². The van der Waals surface area contributed by atoms with Crippen molar-refractivity contribution in [3.8, 4) is 0 Å². The Morgan fingerprint density at radius 2 is 2.00 bits per heavy atom. The Labute approximate surface area is 158 Å². The molecule has 0 bridgehead atoms. The molecule has 0 spiro atoms. The number of guanidine groups is 1. The van der Waals surface area contributed by atoms with Gasteiger partial charge in [0, 0.05) is 52.2 Å². The van der Waals surface area contributed by atoms with Crippen LogP contribution in [0.25, 0.3) is 0 Å². The number of nitrogens with zero attached hydrogens (tertiary/aromatic N) is 3. The van der Waals surface area contributed by atoms with Crippen molar-refractivity contribution in [1.29, 1.82) is 0 Å². The van der Waals surface area contributed by atoms with Crippen LogP contribution in [0.3, 0.4) is 0 Å². The van der Waals surface area contributed by atoms with Crippen molar-refractivity contribution in [2.24, 2.45) is 16.6 Å². The molecule has 2 aliphatic rings. The van der Waals surface area contributed by atoms with E-state index in [0.717, 1.165) is 71.0 Å². The fraction of sp³-hybridized carbons (Fsp3) is 0.895. The van der Waals surface area contributed by atoms with E-state index in [4.69, 9.17) is 15.5 Å². The fourth-order valence-electron chi connectivity index (χ4n) is 4.08. The lowest BCUT2D eigenvalue weighted by atomic mass is 9.95. The number of rotatable bonds is 7. The van der Waals surface area contributed by atoms with Crippen molar-refractivity contribution in [1.82, 2.24) is 15.1 Å².